The molecule has 2 aromatic heterocycles. The largest absolute Gasteiger partial charge is 0.508 e. The third kappa shape index (κ3) is 2.25. The lowest BCUT2D eigenvalue weighted by Crippen LogP contribution is -1.82. The number of furan rings is 1. The first-order chi connectivity index (χ1) is 11.5. The van der Waals surface area contributed by atoms with E-state index < -0.39 is 11.6 Å². The first-order valence-electron chi connectivity index (χ1n) is 7.32. The first-order valence-corrected chi connectivity index (χ1v) is 8.26. The van der Waals surface area contributed by atoms with Gasteiger partial charge in [0.1, 0.15) is 17.1 Å². The van der Waals surface area contributed by atoms with E-state index in [0.29, 0.717) is 16.9 Å². The Morgan fingerprint density at radius 2 is 1.88 bits per heavy atom. The third-order valence-electron chi connectivity index (χ3n) is 3.98. The summed E-state index contributed by atoms with van der Waals surface area (Å²) >= 11 is 1.55. The number of thiophene rings is 1. The van der Waals surface area contributed by atoms with Gasteiger partial charge in [-0.15, -0.1) is 0 Å². The zero-order chi connectivity index (χ0) is 16.8. The van der Waals surface area contributed by atoms with Crippen LogP contribution in [0.2, 0.25) is 0 Å². The van der Waals surface area contributed by atoms with Gasteiger partial charge in [-0.3, -0.25) is 0 Å². The molecule has 4 aromatic rings. The molecule has 0 saturated heterocycles. The second-order valence-electron chi connectivity index (χ2n) is 5.62. The Kier molecular flexibility index (Phi) is 3.32. The number of halogens is 1. The molecule has 2 aromatic carbocycles. The smallest absolute Gasteiger partial charge is 0.165 e. The van der Waals surface area contributed by atoms with Crippen molar-refractivity contribution in [2.24, 2.45) is 0 Å². The Morgan fingerprint density at radius 1 is 1.04 bits per heavy atom. The normalized spacial score (nSPS) is 11.2. The monoisotopic (exact) mass is 340 g/mol. The van der Waals surface area contributed by atoms with Crippen molar-refractivity contribution in [1.29, 1.82) is 0 Å². The van der Waals surface area contributed by atoms with Crippen LogP contribution in [0, 0.1) is 12.7 Å². The number of hydrogen-bond acceptors (Lipinski definition) is 4. The zero-order valence-electron chi connectivity index (χ0n) is 12.7. The fourth-order valence-corrected chi connectivity index (χ4v) is 3.54. The minimum atomic E-state index is -0.705. The molecule has 0 saturated carbocycles. The predicted molar refractivity (Wildman–Crippen MR) is 93.0 cm³/mol. The standard InChI is InChI=1S/C19H13FO3S/c1-10-6-13(21)8-14-17(12-4-5-24-9-12)19(23-18(10)14)11-2-3-16(22)15(20)7-11/h2-9,21-22H,1H3. The first kappa shape index (κ1) is 14.8. The summed E-state index contributed by atoms with van der Waals surface area (Å²) in [4.78, 5) is 0. The van der Waals surface area contributed by atoms with E-state index in [9.17, 15) is 14.6 Å². The summed E-state index contributed by atoms with van der Waals surface area (Å²) in [7, 11) is 0. The highest BCUT2D eigenvalue weighted by Gasteiger charge is 2.20. The van der Waals surface area contributed by atoms with Crippen LogP contribution < -0.4 is 0 Å². The predicted octanol–water partition coefficient (Wildman–Crippen LogP) is 5.69. The molecule has 3 nitrogen and oxygen atoms in total. The summed E-state index contributed by atoms with van der Waals surface area (Å²) in [6.07, 6.45) is 0. The van der Waals surface area contributed by atoms with E-state index in [-0.39, 0.29) is 5.75 Å². The molecule has 24 heavy (non-hydrogen) atoms. The molecule has 5 heteroatoms. The number of phenols is 2. The number of phenolic OH excluding ortho intramolecular Hbond substituents is 2. The Hall–Kier alpha value is -2.79. The highest BCUT2D eigenvalue weighted by atomic mass is 32.1. The lowest BCUT2D eigenvalue weighted by Gasteiger charge is -2.03. The number of hydrogen-bond donors (Lipinski definition) is 2. The third-order valence-corrected chi connectivity index (χ3v) is 4.66. The van der Waals surface area contributed by atoms with Crippen molar-refractivity contribution < 1.29 is 19.0 Å². The molecule has 0 fully saturated rings. The van der Waals surface area contributed by atoms with Crippen LogP contribution in [0.25, 0.3) is 33.4 Å². The molecule has 4 rings (SSSR count). The van der Waals surface area contributed by atoms with Crippen LogP contribution >= 0.6 is 11.3 Å². The summed E-state index contributed by atoms with van der Waals surface area (Å²) in [6.45, 7) is 1.85. The fraction of sp³-hybridized carbons (Fsp3) is 0.0526. The summed E-state index contributed by atoms with van der Waals surface area (Å²) in [6, 6.07) is 9.40. The molecule has 0 aliphatic carbocycles. The van der Waals surface area contributed by atoms with Gasteiger partial charge in [0.25, 0.3) is 0 Å². The van der Waals surface area contributed by atoms with Gasteiger partial charge in [-0.05, 0) is 65.2 Å². The topological polar surface area (TPSA) is 53.6 Å². The van der Waals surface area contributed by atoms with Crippen LogP contribution in [-0.2, 0) is 0 Å². The van der Waals surface area contributed by atoms with Crippen molar-refractivity contribution in [2.45, 2.75) is 6.92 Å². The van der Waals surface area contributed by atoms with Gasteiger partial charge in [0.15, 0.2) is 11.6 Å². The Bertz CT molecular complexity index is 1050. The van der Waals surface area contributed by atoms with Crippen LogP contribution in [0.3, 0.4) is 0 Å². The SMILES string of the molecule is Cc1cc(O)cc2c(-c3ccsc3)c(-c3ccc(O)c(F)c3)oc12. The number of benzene rings is 2. The number of aromatic hydroxyl groups is 2. The Labute approximate surface area is 141 Å². The number of fused-ring (bicyclic) bond motifs is 1. The van der Waals surface area contributed by atoms with Gasteiger partial charge in [-0.2, -0.15) is 11.3 Å². The van der Waals surface area contributed by atoms with E-state index in [2.05, 4.69) is 0 Å². The molecular formula is C19H13FO3S. The molecule has 0 aliphatic heterocycles. The van der Waals surface area contributed by atoms with Crippen molar-refractivity contribution in [1.82, 2.24) is 0 Å². The summed E-state index contributed by atoms with van der Waals surface area (Å²) in [5, 5.41) is 24.1. The minimum Gasteiger partial charge on any atom is -0.508 e. The van der Waals surface area contributed by atoms with Gasteiger partial charge in [0, 0.05) is 16.5 Å². The minimum absolute atomic E-state index is 0.153. The van der Waals surface area contributed by atoms with Crippen LogP contribution in [0.15, 0.2) is 51.6 Å². The van der Waals surface area contributed by atoms with Crippen LogP contribution in [0.1, 0.15) is 5.56 Å². The zero-order valence-corrected chi connectivity index (χ0v) is 13.5. The molecule has 120 valence electrons. The molecule has 0 atom stereocenters. The summed E-state index contributed by atoms with van der Waals surface area (Å²) in [5.74, 6) is -0.443. The van der Waals surface area contributed by atoms with E-state index in [4.69, 9.17) is 4.42 Å². The Morgan fingerprint density at radius 3 is 2.58 bits per heavy atom. The van der Waals surface area contributed by atoms with Crippen molar-refractivity contribution in [3.05, 3.63) is 58.5 Å². The molecule has 0 radical (unpaired) electrons. The van der Waals surface area contributed by atoms with Crippen molar-refractivity contribution in [3.63, 3.8) is 0 Å². The molecular weight excluding hydrogens is 327 g/mol. The van der Waals surface area contributed by atoms with E-state index in [1.807, 2.05) is 23.8 Å². The average Bonchev–Trinajstić information content (AvgIpc) is 3.17. The van der Waals surface area contributed by atoms with E-state index in [1.54, 1.807) is 29.5 Å². The van der Waals surface area contributed by atoms with Crippen molar-refractivity contribution in [3.8, 4) is 33.9 Å². The maximum absolute atomic E-state index is 13.8. The molecule has 0 spiro atoms. The van der Waals surface area contributed by atoms with Gasteiger partial charge in [0.05, 0.1) is 0 Å². The van der Waals surface area contributed by atoms with Gasteiger partial charge in [0.2, 0.25) is 0 Å². The highest BCUT2D eigenvalue weighted by Crippen LogP contribution is 2.44. The fourth-order valence-electron chi connectivity index (χ4n) is 2.90. The molecule has 0 bridgehead atoms. The molecule has 2 heterocycles. The van der Waals surface area contributed by atoms with Gasteiger partial charge in [-0.25, -0.2) is 4.39 Å². The molecule has 2 N–H and O–H groups in total. The van der Waals surface area contributed by atoms with Gasteiger partial charge in [-0.1, -0.05) is 0 Å². The van der Waals surface area contributed by atoms with Crippen molar-refractivity contribution in [2.75, 3.05) is 0 Å². The maximum atomic E-state index is 13.8. The lowest BCUT2D eigenvalue weighted by molar-refractivity contribution is 0.432. The number of aryl methyl sites for hydroxylation is 1. The summed E-state index contributed by atoms with van der Waals surface area (Å²) < 4.78 is 19.8. The highest BCUT2D eigenvalue weighted by molar-refractivity contribution is 7.08. The second kappa shape index (κ2) is 5.39. The second-order valence-corrected chi connectivity index (χ2v) is 6.40. The van der Waals surface area contributed by atoms with Crippen LogP contribution in [0.4, 0.5) is 4.39 Å². The van der Waals surface area contributed by atoms with Crippen LogP contribution in [-0.4, -0.2) is 10.2 Å². The van der Waals surface area contributed by atoms with Gasteiger partial charge < -0.3 is 14.6 Å². The van der Waals surface area contributed by atoms with E-state index in [0.717, 1.165) is 22.1 Å². The quantitative estimate of drug-likeness (QED) is 0.493. The molecule has 0 aliphatic rings. The van der Waals surface area contributed by atoms with Crippen LogP contribution in [0.5, 0.6) is 11.5 Å². The number of rotatable bonds is 2. The maximum Gasteiger partial charge on any atom is 0.165 e. The molecule has 0 amide bonds. The summed E-state index contributed by atoms with van der Waals surface area (Å²) in [5.41, 5.74) is 3.72. The Balaban J connectivity index is 2.09. The van der Waals surface area contributed by atoms with Crippen molar-refractivity contribution >= 4 is 22.3 Å². The van der Waals surface area contributed by atoms with Gasteiger partial charge >= 0.3 is 0 Å². The average molecular weight is 340 g/mol. The van der Waals surface area contributed by atoms with E-state index in [1.165, 1.54) is 12.1 Å². The van der Waals surface area contributed by atoms with E-state index >= 15 is 0 Å². The molecule has 0 unspecified atom stereocenters. The lowest BCUT2D eigenvalue weighted by atomic mass is 9.99.